The monoisotopic (exact) mass is 210 g/mol. The molecule has 0 saturated carbocycles. The third-order valence-electron chi connectivity index (χ3n) is 2.53. The minimum atomic E-state index is 0.395. The van der Waals surface area contributed by atoms with Gasteiger partial charge in [0.25, 0.3) is 0 Å². The number of methoxy groups -OCH3 is 2. The van der Waals surface area contributed by atoms with Crippen LogP contribution in [0.2, 0.25) is 0 Å². The highest BCUT2D eigenvalue weighted by Crippen LogP contribution is 2.34. The molecule has 5 heteroatoms. The Morgan fingerprint density at radius 1 is 1.20 bits per heavy atom. The van der Waals surface area contributed by atoms with E-state index in [0.29, 0.717) is 31.5 Å². The van der Waals surface area contributed by atoms with Crippen molar-refractivity contribution in [2.75, 3.05) is 14.2 Å². The molecule has 0 saturated heterocycles. The van der Waals surface area contributed by atoms with Gasteiger partial charge >= 0.3 is 0 Å². The van der Waals surface area contributed by atoms with Crippen LogP contribution in [0.3, 0.4) is 0 Å². The lowest BCUT2D eigenvalue weighted by atomic mass is 10.1. The summed E-state index contributed by atoms with van der Waals surface area (Å²) in [5.74, 6) is 1.09. The maximum absolute atomic E-state index is 5.67. The highest BCUT2D eigenvalue weighted by molar-refractivity contribution is 5.47. The molecule has 82 valence electrons. The van der Waals surface area contributed by atoms with Crippen molar-refractivity contribution >= 4 is 0 Å². The van der Waals surface area contributed by atoms with Gasteiger partial charge in [-0.25, -0.2) is 0 Å². The number of ether oxygens (including phenoxy) is 3. The van der Waals surface area contributed by atoms with Gasteiger partial charge in [0.05, 0.1) is 27.4 Å². The van der Waals surface area contributed by atoms with Crippen molar-refractivity contribution in [1.82, 2.24) is 4.98 Å². The van der Waals surface area contributed by atoms with Gasteiger partial charge in [-0.05, 0) is 5.56 Å². The summed E-state index contributed by atoms with van der Waals surface area (Å²) in [7, 11) is 3.16. The summed E-state index contributed by atoms with van der Waals surface area (Å²) in [6, 6.07) is 0. The predicted octanol–water partition coefficient (Wildman–Crippen LogP) is 0.588. The van der Waals surface area contributed by atoms with Crippen LogP contribution >= 0.6 is 0 Å². The van der Waals surface area contributed by atoms with Crippen LogP contribution in [0.5, 0.6) is 11.8 Å². The quantitative estimate of drug-likeness (QED) is 0.790. The molecule has 0 unspecified atom stereocenters. The second-order valence-corrected chi connectivity index (χ2v) is 3.26. The van der Waals surface area contributed by atoms with Crippen LogP contribution in [0.25, 0.3) is 0 Å². The normalized spacial score (nSPS) is 13.8. The van der Waals surface area contributed by atoms with Crippen molar-refractivity contribution in [1.29, 1.82) is 0 Å². The first kappa shape index (κ1) is 10.2. The van der Waals surface area contributed by atoms with Crippen molar-refractivity contribution in [2.45, 2.75) is 19.8 Å². The van der Waals surface area contributed by atoms with Crippen LogP contribution in [-0.2, 0) is 24.5 Å². The number of pyridine rings is 1. The van der Waals surface area contributed by atoms with E-state index >= 15 is 0 Å². The average Bonchev–Trinajstić information content (AvgIpc) is 2.75. The van der Waals surface area contributed by atoms with Crippen LogP contribution in [0, 0.1) is 0 Å². The van der Waals surface area contributed by atoms with Gasteiger partial charge in [0.2, 0.25) is 11.8 Å². The molecule has 1 aromatic rings. The molecular formula is C10H14N2O3. The summed E-state index contributed by atoms with van der Waals surface area (Å²) in [5.41, 5.74) is 8.62. The van der Waals surface area contributed by atoms with E-state index in [9.17, 15) is 0 Å². The molecule has 0 radical (unpaired) electrons. The zero-order valence-electron chi connectivity index (χ0n) is 8.87. The highest BCUT2D eigenvalue weighted by atomic mass is 16.5. The lowest BCUT2D eigenvalue weighted by Gasteiger charge is -2.12. The number of rotatable bonds is 3. The summed E-state index contributed by atoms with van der Waals surface area (Å²) in [4.78, 5) is 4.25. The third-order valence-corrected chi connectivity index (χ3v) is 2.53. The predicted molar refractivity (Wildman–Crippen MR) is 53.7 cm³/mol. The molecule has 1 aliphatic rings. The number of nitrogens with two attached hydrogens (primary N) is 1. The number of aromatic nitrogens is 1. The lowest BCUT2D eigenvalue weighted by Crippen LogP contribution is -2.08. The van der Waals surface area contributed by atoms with Gasteiger partial charge < -0.3 is 19.9 Å². The Morgan fingerprint density at radius 3 is 2.47 bits per heavy atom. The number of hydrogen-bond acceptors (Lipinski definition) is 5. The first-order chi connectivity index (χ1) is 7.31. The van der Waals surface area contributed by atoms with Crippen LogP contribution in [0.15, 0.2) is 0 Å². The van der Waals surface area contributed by atoms with Crippen LogP contribution in [-0.4, -0.2) is 19.2 Å². The summed E-state index contributed by atoms with van der Waals surface area (Å²) in [6.07, 6.45) is 0. The molecule has 0 fully saturated rings. The smallest absolute Gasteiger partial charge is 0.222 e. The second kappa shape index (κ2) is 4.04. The SMILES string of the molecule is COc1nc(OC)c2c(c1CN)COC2. The van der Waals surface area contributed by atoms with E-state index in [1.807, 2.05) is 0 Å². The first-order valence-electron chi connectivity index (χ1n) is 4.72. The minimum absolute atomic E-state index is 0.395. The molecule has 2 heterocycles. The highest BCUT2D eigenvalue weighted by Gasteiger charge is 2.24. The van der Waals surface area contributed by atoms with Gasteiger partial charge in [-0.1, -0.05) is 0 Å². The second-order valence-electron chi connectivity index (χ2n) is 3.26. The Morgan fingerprint density at radius 2 is 1.87 bits per heavy atom. The topological polar surface area (TPSA) is 66.6 Å². The fraction of sp³-hybridized carbons (Fsp3) is 0.500. The van der Waals surface area contributed by atoms with Crippen molar-refractivity contribution in [3.05, 3.63) is 16.7 Å². The largest absolute Gasteiger partial charge is 0.481 e. The Kier molecular flexibility index (Phi) is 2.75. The van der Waals surface area contributed by atoms with Gasteiger partial charge in [0.15, 0.2) is 0 Å². The van der Waals surface area contributed by atoms with Crippen molar-refractivity contribution in [3.8, 4) is 11.8 Å². The van der Waals surface area contributed by atoms with E-state index in [1.54, 1.807) is 14.2 Å². The number of hydrogen-bond donors (Lipinski definition) is 1. The molecule has 5 nitrogen and oxygen atoms in total. The van der Waals surface area contributed by atoms with Gasteiger partial charge in [-0.3, -0.25) is 0 Å². The van der Waals surface area contributed by atoms with Crippen molar-refractivity contribution < 1.29 is 14.2 Å². The minimum Gasteiger partial charge on any atom is -0.481 e. The summed E-state index contributed by atoms with van der Waals surface area (Å²) in [5, 5.41) is 0. The summed E-state index contributed by atoms with van der Waals surface area (Å²) < 4.78 is 15.7. The zero-order chi connectivity index (χ0) is 10.8. The molecule has 15 heavy (non-hydrogen) atoms. The van der Waals surface area contributed by atoms with Crippen LogP contribution < -0.4 is 15.2 Å². The Hall–Kier alpha value is -1.33. The molecule has 1 aliphatic heterocycles. The average molecular weight is 210 g/mol. The number of nitrogens with zero attached hydrogens (tertiary/aromatic N) is 1. The Labute approximate surface area is 88.2 Å². The van der Waals surface area contributed by atoms with Gasteiger partial charge in [0.1, 0.15) is 0 Å². The fourth-order valence-electron chi connectivity index (χ4n) is 1.79. The standard InChI is InChI=1S/C10H14N2O3/c1-13-9-6(3-11)7-4-15-5-8(7)10(12-9)14-2/h3-5,11H2,1-2H3. The molecule has 1 aromatic heterocycles. The maximum Gasteiger partial charge on any atom is 0.222 e. The number of fused-ring (bicyclic) bond motifs is 1. The molecule has 0 aliphatic carbocycles. The van der Waals surface area contributed by atoms with Crippen LogP contribution in [0.1, 0.15) is 16.7 Å². The molecule has 2 rings (SSSR count). The van der Waals surface area contributed by atoms with Gasteiger partial charge in [-0.2, -0.15) is 4.98 Å². The van der Waals surface area contributed by atoms with E-state index in [-0.39, 0.29) is 0 Å². The fourth-order valence-corrected chi connectivity index (χ4v) is 1.79. The van der Waals surface area contributed by atoms with E-state index in [0.717, 1.165) is 16.7 Å². The molecule has 0 bridgehead atoms. The summed E-state index contributed by atoms with van der Waals surface area (Å²) >= 11 is 0. The molecule has 2 N–H and O–H groups in total. The molecule has 0 spiro atoms. The van der Waals surface area contributed by atoms with Crippen molar-refractivity contribution in [2.24, 2.45) is 5.73 Å². The van der Waals surface area contributed by atoms with E-state index in [4.69, 9.17) is 19.9 Å². The van der Waals surface area contributed by atoms with E-state index in [1.165, 1.54) is 0 Å². The van der Waals surface area contributed by atoms with E-state index < -0.39 is 0 Å². The van der Waals surface area contributed by atoms with Crippen LogP contribution in [0.4, 0.5) is 0 Å². The maximum atomic E-state index is 5.67. The third kappa shape index (κ3) is 1.53. The van der Waals surface area contributed by atoms with Gasteiger partial charge in [0, 0.05) is 17.7 Å². The Balaban J connectivity index is 2.60. The summed E-state index contributed by atoms with van der Waals surface area (Å²) in [6.45, 7) is 1.48. The Bertz CT molecular complexity index is 379. The van der Waals surface area contributed by atoms with Gasteiger partial charge in [-0.15, -0.1) is 0 Å². The lowest BCUT2D eigenvalue weighted by molar-refractivity contribution is 0.133. The molecule has 0 amide bonds. The van der Waals surface area contributed by atoms with Crippen molar-refractivity contribution in [3.63, 3.8) is 0 Å². The zero-order valence-corrected chi connectivity index (χ0v) is 8.87. The first-order valence-corrected chi connectivity index (χ1v) is 4.72. The molecular weight excluding hydrogens is 196 g/mol. The van der Waals surface area contributed by atoms with E-state index in [2.05, 4.69) is 4.98 Å². The molecule has 0 aromatic carbocycles. The molecule has 0 atom stereocenters.